The van der Waals surface area contributed by atoms with E-state index in [2.05, 4.69) is 41.9 Å². The summed E-state index contributed by atoms with van der Waals surface area (Å²) in [5.74, 6) is 3.13. The van der Waals surface area contributed by atoms with Crippen LogP contribution in [-0.2, 0) is 13.0 Å². The highest BCUT2D eigenvalue weighted by Gasteiger charge is 2.17. The third kappa shape index (κ3) is 6.86. The molecule has 0 unspecified atom stereocenters. The van der Waals surface area contributed by atoms with Gasteiger partial charge in [-0.2, -0.15) is 0 Å². The lowest BCUT2D eigenvalue weighted by Gasteiger charge is -2.14. The second-order valence-electron chi connectivity index (χ2n) is 9.77. The molecule has 1 amide bonds. The summed E-state index contributed by atoms with van der Waals surface area (Å²) in [6.45, 7) is 6.23. The van der Waals surface area contributed by atoms with Gasteiger partial charge in [-0.25, -0.2) is 4.98 Å². The van der Waals surface area contributed by atoms with E-state index in [1.165, 1.54) is 32.5 Å². The first kappa shape index (κ1) is 28.8. The van der Waals surface area contributed by atoms with Crippen LogP contribution >= 0.6 is 0 Å². The van der Waals surface area contributed by atoms with Crippen molar-refractivity contribution in [2.45, 2.75) is 46.1 Å². The Morgan fingerprint density at radius 2 is 1.62 bits per heavy atom. The number of fused-ring (bicyclic) bond motifs is 1. The smallest absolute Gasteiger partial charge is 0.251 e. The Morgan fingerprint density at radius 1 is 0.875 bits per heavy atom. The van der Waals surface area contributed by atoms with Gasteiger partial charge in [-0.05, 0) is 69.0 Å². The number of hydrogen-bond acceptors (Lipinski definition) is 6. The number of carbonyl (C=O) groups is 1. The summed E-state index contributed by atoms with van der Waals surface area (Å²) in [4.78, 5) is 17.7. The van der Waals surface area contributed by atoms with Crippen molar-refractivity contribution in [3.8, 4) is 23.0 Å². The number of unbranched alkanes of at least 4 members (excludes halogenated alkanes) is 1. The molecule has 40 heavy (non-hydrogen) atoms. The van der Waals surface area contributed by atoms with Crippen LogP contribution in [0, 0.1) is 13.8 Å². The van der Waals surface area contributed by atoms with Crippen molar-refractivity contribution in [2.24, 2.45) is 0 Å². The fourth-order valence-corrected chi connectivity index (χ4v) is 4.84. The Kier molecular flexibility index (Phi) is 9.89. The SMILES string of the molecule is COc1cc(C(=O)NCCCc2nc3ccccc3n2CCCCOc2ccc(C)cc2C)cc(OC)c1OC. The molecule has 1 aromatic heterocycles. The predicted molar refractivity (Wildman–Crippen MR) is 157 cm³/mol. The number of aromatic nitrogens is 2. The molecule has 8 nitrogen and oxygen atoms in total. The van der Waals surface area contributed by atoms with Crippen molar-refractivity contribution in [2.75, 3.05) is 34.5 Å². The number of para-hydroxylation sites is 2. The molecular weight excluding hydrogens is 506 g/mol. The molecule has 8 heteroatoms. The number of ether oxygens (including phenoxy) is 4. The summed E-state index contributed by atoms with van der Waals surface area (Å²) >= 11 is 0. The molecule has 0 aliphatic rings. The number of amides is 1. The van der Waals surface area contributed by atoms with Gasteiger partial charge in [0, 0.05) is 25.1 Å². The summed E-state index contributed by atoms with van der Waals surface area (Å²) in [7, 11) is 4.60. The highest BCUT2D eigenvalue weighted by atomic mass is 16.5. The van der Waals surface area contributed by atoms with Crippen LogP contribution < -0.4 is 24.3 Å². The second kappa shape index (κ2) is 13.7. The average Bonchev–Trinajstić information content (AvgIpc) is 3.32. The van der Waals surface area contributed by atoms with Crippen molar-refractivity contribution < 1.29 is 23.7 Å². The lowest BCUT2D eigenvalue weighted by Crippen LogP contribution is -2.25. The zero-order chi connectivity index (χ0) is 28.5. The van der Waals surface area contributed by atoms with E-state index in [1.54, 1.807) is 12.1 Å². The number of imidazole rings is 1. The first-order valence-electron chi connectivity index (χ1n) is 13.7. The Bertz CT molecular complexity index is 1420. The van der Waals surface area contributed by atoms with E-state index in [0.717, 1.165) is 54.8 Å². The minimum Gasteiger partial charge on any atom is -0.493 e. The molecule has 0 radical (unpaired) electrons. The predicted octanol–water partition coefficient (Wildman–Crippen LogP) is 5.90. The van der Waals surface area contributed by atoms with Gasteiger partial charge in [-0.15, -0.1) is 0 Å². The van der Waals surface area contributed by atoms with E-state index in [1.807, 2.05) is 24.3 Å². The van der Waals surface area contributed by atoms with Crippen LogP contribution in [0.2, 0.25) is 0 Å². The number of benzene rings is 3. The van der Waals surface area contributed by atoms with Crippen LogP contribution in [0.25, 0.3) is 11.0 Å². The second-order valence-corrected chi connectivity index (χ2v) is 9.77. The van der Waals surface area contributed by atoms with Gasteiger partial charge in [0.1, 0.15) is 11.6 Å². The number of hydrogen-bond donors (Lipinski definition) is 1. The Hall–Kier alpha value is -4.20. The molecule has 0 saturated carbocycles. The summed E-state index contributed by atoms with van der Waals surface area (Å²) in [6, 6.07) is 17.8. The van der Waals surface area contributed by atoms with Crippen LogP contribution in [0.4, 0.5) is 0 Å². The summed E-state index contributed by atoms with van der Waals surface area (Å²) in [5, 5.41) is 3.00. The van der Waals surface area contributed by atoms with E-state index in [0.29, 0.717) is 36.0 Å². The molecule has 3 aromatic carbocycles. The molecule has 1 N–H and O–H groups in total. The largest absolute Gasteiger partial charge is 0.493 e. The van der Waals surface area contributed by atoms with E-state index in [4.69, 9.17) is 23.9 Å². The molecule has 1 heterocycles. The monoisotopic (exact) mass is 545 g/mol. The summed E-state index contributed by atoms with van der Waals surface area (Å²) in [5.41, 5.74) is 4.98. The molecule has 0 saturated heterocycles. The Morgan fingerprint density at radius 3 is 2.33 bits per heavy atom. The molecule has 4 aromatic rings. The summed E-state index contributed by atoms with van der Waals surface area (Å²) in [6.07, 6.45) is 3.44. The topological polar surface area (TPSA) is 83.8 Å². The molecule has 212 valence electrons. The van der Waals surface area contributed by atoms with Crippen molar-refractivity contribution in [3.05, 3.63) is 77.1 Å². The molecule has 0 aliphatic heterocycles. The van der Waals surface area contributed by atoms with Crippen LogP contribution in [0.15, 0.2) is 54.6 Å². The van der Waals surface area contributed by atoms with Gasteiger partial charge in [-0.1, -0.05) is 29.8 Å². The van der Waals surface area contributed by atoms with E-state index >= 15 is 0 Å². The number of nitrogens with zero attached hydrogens (tertiary/aromatic N) is 2. The van der Waals surface area contributed by atoms with Crippen molar-refractivity contribution in [1.82, 2.24) is 14.9 Å². The molecule has 0 spiro atoms. The van der Waals surface area contributed by atoms with Gasteiger partial charge in [-0.3, -0.25) is 4.79 Å². The minimum atomic E-state index is -0.198. The maximum Gasteiger partial charge on any atom is 0.251 e. The number of rotatable bonds is 14. The average molecular weight is 546 g/mol. The number of nitrogens with one attached hydrogen (secondary N) is 1. The van der Waals surface area contributed by atoms with E-state index < -0.39 is 0 Å². The van der Waals surface area contributed by atoms with Gasteiger partial charge in [0.2, 0.25) is 5.75 Å². The quantitative estimate of drug-likeness (QED) is 0.199. The standard InChI is InChI=1S/C32H39N3O5/c1-22-14-15-27(23(2)19-22)40-18-9-8-17-35-26-12-7-6-11-25(26)34-30(35)13-10-16-33-32(36)24-20-28(37-3)31(39-5)29(21-24)38-4/h6-7,11-12,14-15,19-21H,8-10,13,16-18H2,1-5H3,(H,33,36). The molecule has 0 fully saturated rings. The van der Waals surface area contributed by atoms with E-state index in [-0.39, 0.29) is 5.91 Å². The normalized spacial score (nSPS) is 10.9. The molecular formula is C32H39N3O5. The third-order valence-electron chi connectivity index (χ3n) is 6.89. The van der Waals surface area contributed by atoms with Crippen LogP contribution in [-0.4, -0.2) is 49.9 Å². The van der Waals surface area contributed by atoms with Crippen LogP contribution in [0.3, 0.4) is 0 Å². The maximum absolute atomic E-state index is 12.8. The maximum atomic E-state index is 12.8. The lowest BCUT2D eigenvalue weighted by atomic mass is 10.1. The number of carbonyl (C=O) groups excluding carboxylic acids is 1. The van der Waals surface area contributed by atoms with Crippen molar-refractivity contribution >= 4 is 16.9 Å². The molecule has 0 aliphatic carbocycles. The third-order valence-corrected chi connectivity index (χ3v) is 6.89. The Labute approximate surface area is 236 Å². The van der Waals surface area contributed by atoms with Gasteiger partial charge in [0.15, 0.2) is 11.5 Å². The highest BCUT2D eigenvalue weighted by molar-refractivity contribution is 5.95. The highest BCUT2D eigenvalue weighted by Crippen LogP contribution is 2.38. The molecule has 4 rings (SSSR count). The Balaban J connectivity index is 1.32. The van der Waals surface area contributed by atoms with Gasteiger partial charge in [0.25, 0.3) is 5.91 Å². The number of methoxy groups -OCH3 is 3. The summed E-state index contributed by atoms with van der Waals surface area (Å²) < 4.78 is 24.4. The zero-order valence-corrected chi connectivity index (χ0v) is 24.1. The minimum absolute atomic E-state index is 0.198. The van der Waals surface area contributed by atoms with E-state index in [9.17, 15) is 4.79 Å². The molecule has 0 bridgehead atoms. The first-order valence-corrected chi connectivity index (χ1v) is 13.7. The van der Waals surface area contributed by atoms with Crippen molar-refractivity contribution in [1.29, 1.82) is 0 Å². The number of aryl methyl sites for hydroxylation is 4. The fourth-order valence-electron chi connectivity index (χ4n) is 4.84. The lowest BCUT2D eigenvalue weighted by molar-refractivity contribution is 0.0952. The fraction of sp³-hybridized carbons (Fsp3) is 0.375. The van der Waals surface area contributed by atoms with Gasteiger partial charge in [0.05, 0.1) is 39.0 Å². The van der Waals surface area contributed by atoms with Gasteiger partial charge < -0.3 is 28.8 Å². The van der Waals surface area contributed by atoms with Crippen LogP contribution in [0.1, 0.15) is 46.6 Å². The first-order chi connectivity index (χ1) is 19.4. The van der Waals surface area contributed by atoms with Gasteiger partial charge >= 0.3 is 0 Å². The van der Waals surface area contributed by atoms with Crippen LogP contribution in [0.5, 0.6) is 23.0 Å². The zero-order valence-electron chi connectivity index (χ0n) is 24.1. The molecule has 0 atom stereocenters. The van der Waals surface area contributed by atoms with Crippen molar-refractivity contribution in [3.63, 3.8) is 0 Å².